The number of guanidine groups is 6. The van der Waals surface area contributed by atoms with Gasteiger partial charge < -0.3 is 126 Å². The molecular weight excluding hydrogens is 1110 g/mol. The van der Waals surface area contributed by atoms with E-state index in [-0.39, 0.29) is 147 Å². The molecule has 0 bridgehead atoms. The molecule has 0 unspecified atom stereocenters. The maximum absolute atomic E-state index is 14.5. The van der Waals surface area contributed by atoms with Gasteiger partial charge in [0.25, 0.3) is 0 Å². The van der Waals surface area contributed by atoms with E-state index in [1.807, 2.05) is 0 Å². The smallest absolute Gasteiger partial charge is 0.243 e. The van der Waals surface area contributed by atoms with Crippen LogP contribution in [-0.2, 0) is 43.2 Å². The average molecular weight is 1210 g/mol. The van der Waals surface area contributed by atoms with Gasteiger partial charge in [-0.2, -0.15) is 0 Å². The van der Waals surface area contributed by atoms with Crippen LogP contribution >= 0.6 is 0 Å². The van der Waals surface area contributed by atoms with Crippen LogP contribution in [0, 0.1) is 32.5 Å². The maximum atomic E-state index is 14.5. The lowest BCUT2D eigenvalue weighted by molar-refractivity contribution is -0.136. The van der Waals surface area contributed by atoms with Crippen LogP contribution in [0.1, 0.15) is 109 Å². The Morgan fingerprint density at radius 2 is 0.518 bits per heavy atom. The SMILES string of the molecule is N=C(N)NCCC[C@H](NC(=O)[C@H](CCCNC(=N)N)NC(=O)[C@H](CCCNC(=N)N)NC(=O)[C@H](CCC(N)=O)NC(=O)[C@H](CCCNC(=N)N)NC(=O)[C@H](CCCNC(=N)N)NC(=O)[C@H](CCCCN)NC(=O)[C@@H](N)CCCNC(=N)N)C(N)=O. The van der Waals surface area contributed by atoms with E-state index in [2.05, 4.69) is 69.1 Å². The van der Waals surface area contributed by atoms with Crippen LogP contribution in [0.25, 0.3) is 0 Å². The monoisotopic (exact) mass is 1210 g/mol. The summed E-state index contributed by atoms with van der Waals surface area (Å²) in [5, 5.41) is 78.4. The Kier molecular flexibility index (Phi) is 38.7. The predicted octanol–water partition coefficient (Wildman–Crippen LogP) is -9.83. The Bertz CT molecular complexity index is 2240. The Morgan fingerprint density at radius 3 is 0.765 bits per heavy atom. The summed E-state index contributed by atoms with van der Waals surface area (Å²) in [5.74, 6) is -10.3. The minimum absolute atomic E-state index is 0.00348. The molecule has 85 heavy (non-hydrogen) atoms. The van der Waals surface area contributed by atoms with Crippen molar-refractivity contribution in [1.82, 2.24) is 69.1 Å². The maximum Gasteiger partial charge on any atom is 0.243 e. The van der Waals surface area contributed by atoms with E-state index in [0.29, 0.717) is 19.3 Å². The largest absolute Gasteiger partial charge is 0.370 e. The molecule has 0 aromatic heterocycles. The summed E-state index contributed by atoms with van der Waals surface area (Å²) in [6, 6.07) is -11.1. The van der Waals surface area contributed by atoms with E-state index in [4.69, 9.17) is 89.8 Å². The van der Waals surface area contributed by atoms with Crippen LogP contribution in [0.15, 0.2) is 0 Å². The number of carbonyl (C=O) groups is 9. The molecule has 0 spiro atoms. The second kappa shape index (κ2) is 43.5. The number of amides is 9. The van der Waals surface area contributed by atoms with Gasteiger partial charge in [0, 0.05) is 45.7 Å². The summed E-state index contributed by atoms with van der Waals surface area (Å²) in [5.41, 5.74) is 55.4. The number of nitrogens with one attached hydrogen (secondary N) is 19. The topological polar surface area (TPSA) is 713 Å². The fourth-order valence-electron chi connectivity index (χ4n) is 7.91. The number of primary amides is 2. The van der Waals surface area contributed by atoms with Crippen molar-refractivity contribution >= 4 is 88.9 Å². The molecule has 0 aromatic carbocycles. The minimum Gasteiger partial charge on any atom is -0.370 e. The molecular formula is C47H95N29O9. The standard InChI is InChI=1S/C47H95N29O9/c48-18-2-1-10-27(71-35(79)25(49)9-3-19-64-42(52)53)37(81)73-29(13-6-22-67-45(58)59)38(82)74-31(15-8-24-69-47(62)63)40(84)76-32(16-17-33(50)77)41(85)75-30(14-7-23-68-46(60)61)39(83)72-28(12-5-21-66-44(56)57)36(80)70-26(34(51)78)11-4-20-65-43(54)55/h25-32H,1-24,48-49H2,(H2,50,77)(H2,51,78)(H,70,80)(H,71,79)(H,72,83)(H,73,81)(H,74,82)(H,75,85)(H,76,84)(H4,52,53,64)(H4,54,55,65)(H4,56,57,66)(H4,58,59,67)(H4,60,61,68)(H4,62,63,69)/t25-,26-,27-,28-,29-,30-,31-,32-/m0/s1. The second-order valence-corrected chi connectivity index (χ2v) is 19.6. The van der Waals surface area contributed by atoms with Crippen molar-refractivity contribution in [2.24, 2.45) is 57.3 Å². The molecule has 8 atom stereocenters. The van der Waals surface area contributed by atoms with Gasteiger partial charge in [-0.05, 0) is 109 Å². The number of hydrogen-bond donors (Lipinski definition) is 29. The first kappa shape index (κ1) is 75.8. The quantitative estimate of drug-likeness (QED) is 0.0153. The molecule has 0 aliphatic carbocycles. The fourth-order valence-corrected chi connectivity index (χ4v) is 7.91. The molecule has 0 rings (SSSR count). The number of unbranched alkanes of at least 4 members (excludes halogenated alkanes) is 1. The van der Waals surface area contributed by atoms with Crippen LogP contribution < -0.4 is 126 Å². The highest BCUT2D eigenvalue weighted by atomic mass is 16.2. The van der Waals surface area contributed by atoms with Crippen molar-refractivity contribution in [3.05, 3.63) is 0 Å². The first-order chi connectivity index (χ1) is 40.1. The molecule has 0 aliphatic rings. The third-order valence-electron chi connectivity index (χ3n) is 12.4. The zero-order valence-corrected chi connectivity index (χ0v) is 48.0. The summed E-state index contributed by atoms with van der Waals surface area (Å²) in [6.45, 7) is 0.843. The van der Waals surface area contributed by atoms with Crippen LogP contribution in [0.3, 0.4) is 0 Å². The molecule has 38 nitrogen and oxygen atoms in total. The molecule has 9 amide bonds. The van der Waals surface area contributed by atoms with Gasteiger partial charge in [-0.15, -0.1) is 0 Å². The Labute approximate surface area is 493 Å². The van der Waals surface area contributed by atoms with Gasteiger partial charge in [0.1, 0.15) is 42.3 Å². The van der Waals surface area contributed by atoms with Crippen LogP contribution in [-0.4, -0.2) is 183 Å². The molecule has 0 saturated heterocycles. The molecule has 0 aromatic rings. The molecule has 0 fully saturated rings. The minimum atomic E-state index is -1.66. The molecule has 482 valence electrons. The van der Waals surface area contributed by atoms with E-state index in [9.17, 15) is 43.2 Å². The van der Waals surface area contributed by atoms with Crippen LogP contribution in [0.5, 0.6) is 0 Å². The van der Waals surface area contributed by atoms with Crippen LogP contribution in [0.4, 0.5) is 0 Å². The fraction of sp³-hybridized carbons (Fsp3) is 0.681. The van der Waals surface area contributed by atoms with Gasteiger partial charge in [-0.25, -0.2) is 0 Å². The van der Waals surface area contributed by atoms with Crippen LogP contribution in [0.2, 0.25) is 0 Å². The lowest BCUT2D eigenvalue weighted by Gasteiger charge is -2.28. The molecule has 0 radical (unpaired) electrons. The summed E-state index contributed by atoms with van der Waals surface area (Å²) in [6.07, 6.45) is 0.444. The number of nitrogens with two attached hydrogens (primary N) is 10. The van der Waals surface area contributed by atoms with Crippen molar-refractivity contribution in [2.45, 2.75) is 157 Å². The molecule has 39 N–H and O–H groups in total. The number of carbonyl (C=O) groups excluding carboxylic acids is 9. The summed E-state index contributed by atoms with van der Waals surface area (Å²) >= 11 is 0. The highest BCUT2D eigenvalue weighted by molar-refractivity contribution is 5.98. The lowest BCUT2D eigenvalue weighted by Crippen LogP contribution is -2.60. The highest BCUT2D eigenvalue weighted by Gasteiger charge is 2.34. The average Bonchev–Trinajstić information content (AvgIpc) is 3.41. The van der Waals surface area contributed by atoms with Crippen molar-refractivity contribution in [3.8, 4) is 0 Å². The van der Waals surface area contributed by atoms with Gasteiger partial charge in [0.05, 0.1) is 6.04 Å². The van der Waals surface area contributed by atoms with E-state index in [1.165, 1.54) is 0 Å². The summed E-state index contributed by atoms with van der Waals surface area (Å²) in [7, 11) is 0. The zero-order valence-electron chi connectivity index (χ0n) is 48.0. The third kappa shape index (κ3) is 37.5. The first-order valence-corrected chi connectivity index (χ1v) is 27.7. The van der Waals surface area contributed by atoms with Crippen molar-refractivity contribution < 1.29 is 43.2 Å². The molecule has 0 heterocycles. The van der Waals surface area contributed by atoms with E-state index < -0.39 is 126 Å². The van der Waals surface area contributed by atoms with E-state index in [1.54, 1.807) is 0 Å². The van der Waals surface area contributed by atoms with Gasteiger partial charge in [-0.3, -0.25) is 75.6 Å². The Balaban J connectivity index is 7.20. The predicted molar refractivity (Wildman–Crippen MR) is 317 cm³/mol. The summed E-state index contributed by atoms with van der Waals surface area (Å²) < 4.78 is 0. The van der Waals surface area contributed by atoms with E-state index in [0.717, 1.165) is 0 Å². The molecule has 38 heteroatoms. The normalized spacial score (nSPS) is 13.5. The Hall–Kier alpha value is -9.23. The van der Waals surface area contributed by atoms with Gasteiger partial charge in [-0.1, -0.05) is 0 Å². The second-order valence-electron chi connectivity index (χ2n) is 19.6. The van der Waals surface area contributed by atoms with Crippen molar-refractivity contribution in [1.29, 1.82) is 32.5 Å². The van der Waals surface area contributed by atoms with Crippen molar-refractivity contribution in [2.75, 3.05) is 45.8 Å². The third-order valence-corrected chi connectivity index (χ3v) is 12.4. The molecule has 0 saturated carbocycles. The van der Waals surface area contributed by atoms with Gasteiger partial charge in [0.2, 0.25) is 53.2 Å². The number of rotatable bonds is 46. The number of hydrogen-bond acceptors (Lipinski definition) is 17. The molecule has 0 aliphatic heterocycles. The first-order valence-electron chi connectivity index (χ1n) is 27.7. The van der Waals surface area contributed by atoms with Gasteiger partial charge in [0.15, 0.2) is 35.8 Å². The van der Waals surface area contributed by atoms with Gasteiger partial charge >= 0.3 is 0 Å². The lowest BCUT2D eigenvalue weighted by atomic mass is 10.0. The highest BCUT2D eigenvalue weighted by Crippen LogP contribution is 2.10. The summed E-state index contributed by atoms with van der Waals surface area (Å²) in [4.78, 5) is 123. The van der Waals surface area contributed by atoms with E-state index >= 15 is 0 Å². The Morgan fingerprint density at radius 1 is 0.294 bits per heavy atom. The zero-order chi connectivity index (χ0) is 64.4. The van der Waals surface area contributed by atoms with Crippen molar-refractivity contribution in [3.63, 3.8) is 0 Å².